The summed E-state index contributed by atoms with van der Waals surface area (Å²) in [6.07, 6.45) is 2.84. The van der Waals surface area contributed by atoms with Crippen molar-refractivity contribution in [3.05, 3.63) is 20.8 Å². The van der Waals surface area contributed by atoms with Crippen molar-refractivity contribution in [3.63, 3.8) is 0 Å². The van der Waals surface area contributed by atoms with Crippen LogP contribution >= 0.6 is 27.3 Å². The number of thiophene rings is 1. The van der Waals surface area contributed by atoms with Crippen molar-refractivity contribution < 1.29 is 4.74 Å². The predicted molar refractivity (Wildman–Crippen MR) is 67.3 cm³/mol. The van der Waals surface area contributed by atoms with Crippen LogP contribution in [0, 0.1) is 0 Å². The van der Waals surface area contributed by atoms with Crippen molar-refractivity contribution in [1.29, 1.82) is 0 Å². The van der Waals surface area contributed by atoms with Crippen molar-refractivity contribution in [1.82, 2.24) is 5.32 Å². The molecule has 1 aliphatic rings. The van der Waals surface area contributed by atoms with E-state index in [1.165, 1.54) is 22.2 Å². The second-order valence-corrected chi connectivity index (χ2v) is 5.77. The van der Waals surface area contributed by atoms with E-state index in [2.05, 4.69) is 39.6 Å². The third kappa shape index (κ3) is 3.28. The van der Waals surface area contributed by atoms with Crippen LogP contribution in [0.25, 0.3) is 0 Å². The molecule has 1 aliphatic carbocycles. The summed E-state index contributed by atoms with van der Waals surface area (Å²) in [6.45, 7) is 3.89. The Bertz CT molecular complexity index is 309. The van der Waals surface area contributed by atoms with Gasteiger partial charge in [-0.25, -0.2) is 0 Å². The van der Waals surface area contributed by atoms with Crippen LogP contribution < -0.4 is 5.32 Å². The topological polar surface area (TPSA) is 21.3 Å². The van der Waals surface area contributed by atoms with Crippen LogP contribution in [0.4, 0.5) is 0 Å². The molecule has 1 saturated carbocycles. The lowest BCUT2D eigenvalue weighted by atomic mass is 9.89. The van der Waals surface area contributed by atoms with Gasteiger partial charge in [-0.05, 0) is 41.8 Å². The van der Waals surface area contributed by atoms with E-state index in [4.69, 9.17) is 4.74 Å². The molecular weight excluding hydrogens is 274 g/mol. The SMILES string of the molecule is CCOC1CC(NCc2cc(Br)cs2)C1. The maximum atomic E-state index is 5.52. The third-order valence-electron chi connectivity index (χ3n) is 2.68. The minimum absolute atomic E-state index is 0.502. The quantitative estimate of drug-likeness (QED) is 0.899. The van der Waals surface area contributed by atoms with Crippen molar-refractivity contribution in [3.8, 4) is 0 Å². The van der Waals surface area contributed by atoms with E-state index >= 15 is 0 Å². The van der Waals surface area contributed by atoms with Gasteiger partial charge >= 0.3 is 0 Å². The average molecular weight is 290 g/mol. The van der Waals surface area contributed by atoms with Gasteiger partial charge in [0.1, 0.15) is 0 Å². The summed E-state index contributed by atoms with van der Waals surface area (Å²) in [6, 6.07) is 2.83. The lowest BCUT2D eigenvalue weighted by molar-refractivity contribution is -0.0101. The number of rotatable bonds is 5. The molecule has 84 valence electrons. The fourth-order valence-corrected chi connectivity index (χ4v) is 3.20. The van der Waals surface area contributed by atoms with Gasteiger partial charge in [0.2, 0.25) is 0 Å². The first kappa shape index (κ1) is 11.6. The highest BCUT2D eigenvalue weighted by Crippen LogP contribution is 2.25. The van der Waals surface area contributed by atoms with Crippen molar-refractivity contribution in [2.75, 3.05) is 6.61 Å². The van der Waals surface area contributed by atoms with Crippen molar-refractivity contribution in [2.45, 2.75) is 38.5 Å². The lowest BCUT2D eigenvalue weighted by Gasteiger charge is -2.35. The first-order chi connectivity index (χ1) is 7.28. The van der Waals surface area contributed by atoms with E-state index in [-0.39, 0.29) is 0 Å². The van der Waals surface area contributed by atoms with E-state index in [1.54, 1.807) is 11.3 Å². The van der Waals surface area contributed by atoms with E-state index in [1.807, 2.05) is 0 Å². The molecule has 1 fully saturated rings. The largest absolute Gasteiger partial charge is 0.378 e. The van der Waals surface area contributed by atoms with Gasteiger partial charge in [-0.2, -0.15) is 0 Å². The first-order valence-electron chi connectivity index (χ1n) is 5.36. The van der Waals surface area contributed by atoms with E-state index in [9.17, 15) is 0 Å². The van der Waals surface area contributed by atoms with Gasteiger partial charge in [0, 0.05) is 33.9 Å². The zero-order valence-electron chi connectivity index (χ0n) is 8.83. The van der Waals surface area contributed by atoms with Crippen LogP contribution in [-0.4, -0.2) is 18.8 Å². The second kappa shape index (κ2) is 5.43. The average Bonchev–Trinajstić information content (AvgIpc) is 2.55. The third-order valence-corrected chi connectivity index (χ3v) is 4.38. The molecule has 0 saturated heterocycles. The Morgan fingerprint density at radius 3 is 3.00 bits per heavy atom. The highest BCUT2D eigenvalue weighted by Gasteiger charge is 2.28. The van der Waals surface area contributed by atoms with Gasteiger partial charge in [-0.3, -0.25) is 0 Å². The molecule has 15 heavy (non-hydrogen) atoms. The lowest BCUT2D eigenvalue weighted by Crippen LogP contribution is -2.44. The minimum atomic E-state index is 0.502. The second-order valence-electron chi connectivity index (χ2n) is 3.86. The number of nitrogens with one attached hydrogen (secondary N) is 1. The van der Waals surface area contributed by atoms with Crippen molar-refractivity contribution in [2.24, 2.45) is 0 Å². The number of hydrogen-bond acceptors (Lipinski definition) is 3. The molecule has 0 atom stereocenters. The standard InChI is InChI=1S/C11H16BrNOS/c1-2-14-10-4-9(5-10)13-6-11-3-8(12)7-15-11/h3,7,9-10,13H,2,4-6H2,1H3. The Morgan fingerprint density at radius 1 is 1.60 bits per heavy atom. The Hall–Kier alpha value is 0.1000. The molecule has 2 nitrogen and oxygen atoms in total. The first-order valence-corrected chi connectivity index (χ1v) is 7.03. The molecule has 4 heteroatoms. The maximum Gasteiger partial charge on any atom is 0.0604 e. The van der Waals surface area contributed by atoms with Gasteiger partial charge in [0.15, 0.2) is 0 Å². The Kier molecular flexibility index (Phi) is 4.20. The molecule has 0 radical (unpaired) electrons. The molecule has 1 aromatic rings. The highest BCUT2D eigenvalue weighted by molar-refractivity contribution is 9.10. The van der Waals surface area contributed by atoms with Crippen LogP contribution in [0.3, 0.4) is 0 Å². The van der Waals surface area contributed by atoms with Gasteiger partial charge in [-0.1, -0.05) is 0 Å². The number of halogens is 1. The van der Waals surface area contributed by atoms with Crippen LogP contribution in [0.5, 0.6) is 0 Å². The van der Waals surface area contributed by atoms with Gasteiger partial charge in [-0.15, -0.1) is 11.3 Å². The molecule has 1 heterocycles. The minimum Gasteiger partial charge on any atom is -0.378 e. The maximum absolute atomic E-state index is 5.52. The summed E-state index contributed by atoms with van der Waals surface area (Å²) in [5.74, 6) is 0. The summed E-state index contributed by atoms with van der Waals surface area (Å²) < 4.78 is 6.70. The summed E-state index contributed by atoms with van der Waals surface area (Å²) >= 11 is 5.26. The normalized spacial score (nSPS) is 25.2. The van der Waals surface area contributed by atoms with Gasteiger partial charge < -0.3 is 10.1 Å². The number of ether oxygens (including phenoxy) is 1. The predicted octanol–water partition coefficient (Wildman–Crippen LogP) is 3.17. The smallest absolute Gasteiger partial charge is 0.0604 e. The molecule has 0 aliphatic heterocycles. The van der Waals surface area contributed by atoms with Gasteiger partial charge in [0.25, 0.3) is 0 Å². The molecule has 0 bridgehead atoms. The molecule has 1 aromatic heterocycles. The van der Waals surface area contributed by atoms with Crippen molar-refractivity contribution >= 4 is 27.3 Å². The van der Waals surface area contributed by atoms with Gasteiger partial charge in [0.05, 0.1) is 6.10 Å². The zero-order chi connectivity index (χ0) is 10.7. The van der Waals surface area contributed by atoms with Crippen LogP contribution in [0.2, 0.25) is 0 Å². The fraction of sp³-hybridized carbons (Fsp3) is 0.636. The van der Waals surface area contributed by atoms with Crippen LogP contribution in [0.15, 0.2) is 15.9 Å². The summed E-state index contributed by atoms with van der Waals surface area (Å²) in [5, 5.41) is 5.67. The summed E-state index contributed by atoms with van der Waals surface area (Å²) in [7, 11) is 0. The van der Waals surface area contributed by atoms with E-state index in [0.717, 1.165) is 13.2 Å². The number of hydrogen-bond donors (Lipinski definition) is 1. The Balaban J connectivity index is 1.64. The summed E-state index contributed by atoms with van der Waals surface area (Å²) in [4.78, 5) is 1.39. The van der Waals surface area contributed by atoms with Crippen LogP contribution in [0.1, 0.15) is 24.6 Å². The molecule has 1 N–H and O–H groups in total. The Labute approximate surface area is 103 Å². The fourth-order valence-electron chi connectivity index (χ4n) is 1.80. The Morgan fingerprint density at radius 2 is 2.40 bits per heavy atom. The molecular formula is C11H16BrNOS. The van der Waals surface area contributed by atoms with Crippen LogP contribution in [-0.2, 0) is 11.3 Å². The molecule has 0 aromatic carbocycles. The molecule has 2 rings (SSSR count). The monoisotopic (exact) mass is 289 g/mol. The molecule has 0 unspecified atom stereocenters. The van der Waals surface area contributed by atoms with E-state index < -0.39 is 0 Å². The summed E-state index contributed by atoms with van der Waals surface area (Å²) in [5.41, 5.74) is 0. The molecule has 0 spiro atoms. The highest BCUT2D eigenvalue weighted by atomic mass is 79.9. The van der Waals surface area contributed by atoms with E-state index in [0.29, 0.717) is 12.1 Å². The molecule has 0 amide bonds. The zero-order valence-corrected chi connectivity index (χ0v) is 11.2.